The highest BCUT2D eigenvalue weighted by Crippen LogP contribution is 2.40. The third-order valence-electron chi connectivity index (χ3n) is 4.10. The lowest BCUT2D eigenvalue weighted by atomic mass is 9.70. The lowest BCUT2D eigenvalue weighted by Crippen LogP contribution is -2.31. The van der Waals surface area contributed by atoms with Gasteiger partial charge in [-0.05, 0) is 36.5 Å². The van der Waals surface area contributed by atoms with Crippen LogP contribution in [0, 0.1) is 17.2 Å². The van der Waals surface area contributed by atoms with Gasteiger partial charge in [-0.3, -0.25) is 4.18 Å². The van der Waals surface area contributed by atoms with Crippen LogP contribution in [-0.4, -0.2) is 35.5 Å². The van der Waals surface area contributed by atoms with Gasteiger partial charge in [0.1, 0.15) is 0 Å². The number of nitriles is 1. The van der Waals surface area contributed by atoms with Crippen molar-refractivity contribution in [2.45, 2.75) is 32.1 Å². The summed E-state index contributed by atoms with van der Waals surface area (Å²) in [6.07, 6.45) is 1.95. The van der Waals surface area contributed by atoms with Gasteiger partial charge < -0.3 is 9.47 Å². The quantitative estimate of drug-likeness (QED) is 0.500. The van der Waals surface area contributed by atoms with Crippen molar-refractivity contribution < 1.29 is 22.1 Å². The first-order chi connectivity index (χ1) is 11.2. The second-order valence-corrected chi connectivity index (χ2v) is 7.58. The number of ether oxygens (including phenoxy) is 2. The molecule has 0 bridgehead atoms. The summed E-state index contributed by atoms with van der Waals surface area (Å²) in [5.41, 5.74) is 0.0532. The second kappa shape index (κ2) is 8.36. The summed E-state index contributed by atoms with van der Waals surface area (Å²) in [6.45, 7) is 4.00. The monoisotopic (exact) mass is 355 g/mol. The van der Waals surface area contributed by atoms with E-state index >= 15 is 0 Å². The van der Waals surface area contributed by atoms with Crippen LogP contribution in [-0.2, 0) is 19.7 Å². The zero-order valence-corrected chi connectivity index (χ0v) is 15.6. The van der Waals surface area contributed by atoms with E-state index in [9.17, 15) is 13.7 Å². The smallest absolute Gasteiger partial charge is 0.264 e. The number of nitrogens with zero attached hydrogens (tertiary/aromatic N) is 1. The van der Waals surface area contributed by atoms with E-state index in [-0.39, 0.29) is 12.5 Å². The van der Waals surface area contributed by atoms with Gasteiger partial charge >= 0.3 is 0 Å². The Morgan fingerprint density at radius 1 is 1.21 bits per heavy atom. The Hall–Kier alpha value is -1.78. The Balaban J connectivity index is 3.10. The van der Waals surface area contributed by atoms with Crippen molar-refractivity contribution in [3.8, 4) is 17.6 Å². The van der Waals surface area contributed by atoms with E-state index in [4.69, 9.17) is 13.7 Å². The number of rotatable bonds is 9. The first kappa shape index (κ1) is 20.3. The van der Waals surface area contributed by atoms with Gasteiger partial charge in [0.15, 0.2) is 11.5 Å². The fraction of sp³-hybridized carbons (Fsp3) is 0.588. The maximum atomic E-state index is 11.1. The molecule has 0 aliphatic carbocycles. The molecule has 0 heterocycles. The molecular weight excluding hydrogens is 330 g/mol. The maximum Gasteiger partial charge on any atom is 0.264 e. The molecule has 0 unspecified atom stereocenters. The number of benzene rings is 1. The molecule has 0 aromatic heterocycles. The van der Waals surface area contributed by atoms with E-state index in [0.717, 1.165) is 11.8 Å². The van der Waals surface area contributed by atoms with Crippen LogP contribution >= 0.6 is 0 Å². The van der Waals surface area contributed by atoms with Gasteiger partial charge in [0.2, 0.25) is 0 Å². The number of hydrogen-bond acceptors (Lipinski definition) is 6. The zero-order valence-electron chi connectivity index (χ0n) is 14.8. The number of hydrogen-bond donors (Lipinski definition) is 0. The summed E-state index contributed by atoms with van der Waals surface area (Å²) in [7, 11) is -0.370. The summed E-state index contributed by atoms with van der Waals surface area (Å²) >= 11 is 0. The molecule has 7 heteroatoms. The molecular formula is C17H25NO5S. The lowest BCUT2D eigenvalue weighted by Gasteiger charge is -2.32. The highest BCUT2D eigenvalue weighted by Gasteiger charge is 2.36. The molecule has 24 heavy (non-hydrogen) atoms. The lowest BCUT2D eigenvalue weighted by molar-refractivity contribution is 0.278. The Morgan fingerprint density at radius 2 is 1.83 bits per heavy atom. The van der Waals surface area contributed by atoms with E-state index in [1.54, 1.807) is 26.4 Å². The van der Waals surface area contributed by atoms with Crippen molar-refractivity contribution in [1.29, 1.82) is 5.26 Å². The molecule has 1 aromatic rings. The third-order valence-corrected chi connectivity index (χ3v) is 4.69. The molecule has 0 aliphatic heterocycles. The van der Waals surface area contributed by atoms with Crippen molar-refractivity contribution in [3.05, 3.63) is 23.8 Å². The minimum atomic E-state index is -3.47. The van der Waals surface area contributed by atoms with Gasteiger partial charge in [-0.1, -0.05) is 19.9 Å². The third kappa shape index (κ3) is 4.86. The molecule has 0 spiro atoms. The van der Waals surface area contributed by atoms with Crippen molar-refractivity contribution in [1.82, 2.24) is 0 Å². The topological polar surface area (TPSA) is 85.6 Å². The summed E-state index contributed by atoms with van der Waals surface area (Å²) in [4.78, 5) is 0. The fourth-order valence-corrected chi connectivity index (χ4v) is 3.11. The highest BCUT2D eigenvalue weighted by atomic mass is 32.2. The van der Waals surface area contributed by atoms with Crippen molar-refractivity contribution >= 4 is 10.1 Å². The molecule has 0 saturated heterocycles. The van der Waals surface area contributed by atoms with Crippen molar-refractivity contribution in [2.75, 3.05) is 27.1 Å². The summed E-state index contributed by atoms with van der Waals surface area (Å²) in [5.74, 6) is 1.18. The molecule has 0 fully saturated rings. The second-order valence-electron chi connectivity index (χ2n) is 5.94. The molecule has 0 aliphatic rings. The largest absolute Gasteiger partial charge is 0.493 e. The van der Waals surface area contributed by atoms with E-state index in [0.29, 0.717) is 24.3 Å². The molecule has 6 nitrogen and oxygen atoms in total. The molecule has 1 aromatic carbocycles. The van der Waals surface area contributed by atoms with Crippen LogP contribution < -0.4 is 9.47 Å². The SMILES string of the molecule is COc1ccc([C@](C#N)(CCCOS(C)(=O)=O)C(C)C)cc1OC. The van der Waals surface area contributed by atoms with Crippen molar-refractivity contribution in [2.24, 2.45) is 5.92 Å². The van der Waals surface area contributed by atoms with Gasteiger partial charge in [-0.2, -0.15) is 13.7 Å². The van der Waals surface area contributed by atoms with Gasteiger partial charge in [-0.25, -0.2) is 0 Å². The molecule has 0 radical (unpaired) electrons. The molecule has 0 amide bonds. The van der Waals surface area contributed by atoms with Crippen LogP contribution in [0.5, 0.6) is 11.5 Å². The van der Waals surface area contributed by atoms with Gasteiger partial charge in [-0.15, -0.1) is 0 Å². The summed E-state index contributed by atoms with van der Waals surface area (Å²) in [6, 6.07) is 7.84. The standard InChI is InChI=1S/C17H25NO5S/c1-13(2)17(12-18,9-6-10-23-24(5,19)20)14-7-8-15(21-3)16(11-14)22-4/h7-8,11,13H,6,9-10H2,1-5H3/t17-/m0/s1. The number of methoxy groups -OCH3 is 2. The van der Waals surface area contributed by atoms with E-state index < -0.39 is 15.5 Å². The van der Waals surface area contributed by atoms with Crippen LogP contribution in [0.1, 0.15) is 32.3 Å². The van der Waals surface area contributed by atoms with Gasteiger partial charge in [0, 0.05) is 0 Å². The van der Waals surface area contributed by atoms with Crippen LogP contribution in [0.3, 0.4) is 0 Å². The summed E-state index contributed by atoms with van der Waals surface area (Å²) < 4.78 is 37.5. The van der Waals surface area contributed by atoms with Crippen LogP contribution in [0.15, 0.2) is 18.2 Å². The molecule has 1 atom stereocenters. The Bertz CT molecular complexity index is 693. The molecule has 134 valence electrons. The Labute approximate surface area is 144 Å². The minimum Gasteiger partial charge on any atom is -0.493 e. The van der Waals surface area contributed by atoms with Crippen LogP contribution in [0.25, 0.3) is 0 Å². The Morgan fingerprint density at radius 3 is 2.29 bits per heavy atom. The molecule has 1 rings (SSSR count). The van der Waals surface area contributed by atoms with Crippen LogP contribution in [0.4, 0.5) is 0 Å². The average Bonchev–Trinajstić information content (AvgIpc) is 2.53. The first-order valence-corrected chi connectivity index (χ1v) is 9.50. The highest BCUT2D eigenvalue weighted by molar-refractivity contribution is 7.85. The van der Waals surface area contributed by atoms with Gasteiger partial charge in [0.25, 0.3) is 10.1 Å². The maximum absolute atomic E-state index is 11.1. The van der Waals surface area contributed by atoms with Crippen LogP contribution in [0.2, 0.25) is 0 Å². The average molecular weight is 355 g/mol. The normalized spacial score (nSPS) is 14.0. The van der Waals surface area contributed by atoms with E-state index in [2.05, 4.69) is 6.07 Å². The van der Waals surface area contributed by atoms with E-state index in [1.165, 1.54) is 0 Å². The summed E-state index contributed by atoms with van der Waals surface area (Å²) in [5, 5.41) is 9.87. The zero-order chi connectivity index (χ0) is 18.4. The molecule has 0 saturated carbocycles. The molecule has 0 N–H and O–H groups in total. The predicted octanol–water partition coefficient (Wildman–Crippen LogP) is 2.88. The predicted molar refractivity (Wildman–Crippen MR) is 91.7 cm³/mol. The van der Waals surface area contributed by atoms with E-state index in [1.807, 2.05) is 19.9 Å². The fourth-order valence-electron chi connectivity index (χ4n) is 2.69. The first-order valence-electron chi connectivity index (χ1n) is 7.68. The van der Waals surface area contributed by atoms with Gasteiger partial charge in [0.05, 0.1) is 38.6 Å². The van der Waals surface area contributed by atoms with Crippen molar-refractivity contribution in [3.63, 3.8) is 0 Å². The minimum absolute atomic E-state index is 0.0267. The Kier molecular flexibility index (Phi) is 7.06.